The van der Waals surface area contributed by atoms with Crippen LogP contribution in [0.2, 0.25) is 0 Å². The van der Waals surface area contributed by atoms with Crippen molar-refractivity contribution >= 4 is 27.2 Å². The van der Waals surface area contributed by atoms with Crippen LogP contribution in [-0.2, 0) is 21.1 Å². The fourth-order valence-corrected chi connectivity index (χ4v) is 2.05. The molecule has 0 aromatic heterocycles. The SMILES string of the molecule is CCS/C(Cc1ccccc1)=N\OS(=O)(=O)[O-].[K+]. The van der Waals surface area contributed by atoms with Crippen molar-refractivity contribution in [1.82, 2.24) is 0 Å². The number of nitrogens with zero attached hydrogens (tertiary/aromatic N) is 1. The molecule has 0 atom stereocenters. The van der Waals surface area contributed by atoms with Gasteiger partial charge in [0.05, 0.1) is 0 Å². The van der Waals surface area contributed by atoms with Gasteiger partial charge in [0.25, 0.3) is 10.4 Å². The van der Waals surface area contributed by atoms with Crippen LogP contribution in [0.15, 0.2) is 35.5 Å². The third-order valence-corrected chi connectivity index (χ3v) is 2.84. The monoisotopic (exact) mass is 313 g/mol. The molecule has 0 fully saturated rings. The molecule has 0 unspecified atom stereocenters. The van der Waals surface area contributed by atoms with E-state index in [9.17, 15) is 13.0 Å². The minimum atomic E-state index is -4.78. The van der Waals surface area contributed by atoms with E-state index in [0.29, 0.717) is 17.2 Å². The summed E-state index contributed by atoms with van der Waals surface area (Å²) < 4.78 is 34.8. The van der Waals surface area contributed by atoms with Gasteiger partial charge in [0, 0.05) is 6.42 Å². The molecule has 0 heterocycles. The number of thioether (sulfide) groups is 1. The second-order valence-electron chi connectivity index (χ2n) is 3.06. The third kappa shape index (κ3) is 8.65. The summed E-state index contributed by atoms with van der Waals surface area (Å²) in [6.45, 7) is 1.90. The molecule has 0 amide bonds. The van der Waals surface area contributed by atoms with E-state index in [1.165, 1.54) is 11.8 Å². The van der Waals surface area contributed by atoms with Crippen LogP contribution in [0.5, 0.6) is 0 Å². The van der Waals surface area contributed by atoms with E-state index in [2.05, 4.69) is 9.44 Å². The first kappa shape index (κ1) is 18.6. The quantitative estimate of drug-likeness (QED) is 0.170. The summed E-state index contributed by atoms with van der Waals surface area (Å²) in [5.74, 6) is 0.716. The van der Waals surface area contributed by atoms with Crippen molar-refractivity contribution in [2.45, 2.75) is 13.3 Å². The zero-order valence-corrected chi connectivity index (χ0v) is 15.0. The molecule has 1 rings (SSSR count). The molecule has 0 spiro atoms. The minimum Gasteiger partial charge on any atom is -0.714 e. The predicted molar refractivity (Wildman–Crippen MR) is 66.5 cm³/mol. The Hall–Kier alpha value is 0.586. The Kier molecular flexibility index (Phi) is 9.79. The van der Waals surface area contributed by atoms with Gasteiger partial charge in [0.1, 0.15) is 5.04 Å². The normalized spacial score (nSPS) is 11.8. The number of oxime groups is 1. The second kappa shape index (κ2) is 9.48. The van der Waals surface area contributed by atoms with E-state index in [4.69, 9.17) is 0 Å². The summed E-state index contributed by atoms with van der Waals surface area (Å²) in [6, 6.07) is 9.39. The average molecular weight is 313 g/mol. The summed E-state index contributed by atoms with van der Waals surface area (Å²) in [5, 5.41) is 3.82. The molecule has 0 aliphatic rings. The summed E-state index contributed by atoms with van der Waals surface area (Å²) in [7, 11) is -4.78. The topological polar surface area (TPSA) is 78.8 Å². The van der Waals surface area contributed by atoms with Crippen molar-refractivity contribution in [1.29, 1.82) is 0 Å². The van der Waals surface area contributed by atoms with Gasteiger partial charge in [-0.3, -0.25) is 4.28 Å². The molecule has 18 heavy (non-hydrogen) atoms. The zero-order chi connectivity index (χ0) is 12.7. The third-order valence-electron chi connectivity index (χ3n) is 1.74. The van der Waals surface area contributed by atoms with Gasteiger partial charge in [0.2, 0.25) is 0 Å². The molecule has 5 nitrogen and oxygen atoms in total. The van der Waals surface area contributed by atoms with Gasteiger partial charge in [-0.25, -0.2) is 0 Å². The van der Waals surface area contributed by atoms with Crippen molar-refractivity contribution in [3.8, 4) is 0 Å². The zero-order valence-electron chi connectivity index (χ0n) is 10.2. The Balaban J connectivity index is 0.00000289. The summed E-state index contributed by atoms with van der Waals surface area (Å²) in [4.78, 5) is 0. The number of benzene rings is 1. The summed E-state index contributed by atoms with van der Waals surface area (Å²) >= 11 is 1.33. The van der Waals surface area contributed by atoms with Crippen molar-refractivity contribution in [2.24, 2.45) is 5.16 Å². The standard InChI is InChI=1S/C10H13NO4S2.K/c1-2-16-10(11-15-17(12,13)14)8-9-6-4-3-5-7-9;/h3-7H,2,8H2,1H3,(H,12,13,14);/q;+1/p-1/b11-10-;. The van der Waals surface area contributed by atoms with Gasteiger partial charge in [-0.05, 0) is 11.3 Å². The van der Waals surface area contributed by atoms with Crippen LogP contribution in [0.1, 0.15) is 12.5 Å². The first-order chi connectivity index (χ1) is 8.01. The molecule has 1 aromatic rings. The first-order valence-electron chi connectivity index (χ1n) is 4.89. The molecule has 0 saturated heterocycles. The Morgan fingerprint density at radius 2 is 2.00 bits per heavy atom. The molecule has 8 heteroatoms. The number of hydrogen-bond acceptors (Lipinski definition) is 6. The van der Waals surface area contributed by atoms with Crippen molar-refractivity contribution < 1.29 is 68.6 Å². The van der Waals surface area contributed by atoms with Crippen LogP contribution in [-0.4, -0.2) is 23.8 Å². The van der Waals surface area contributed by atoms with Gasteiger partial charge < -0.3 is 4.55 Å². The maximum Gasteiger partial charge on any atom is 1.00 e. The largest absolute Gasteiger partial charge is 1.00 e. The van der Waals surface area contributed by atoms with E-state index in [1.807, 2.05) is 37.3 Å². The predicted octanol–water partition coefficient (Wildman–Crippen LogP) is -1.22. The Bertz CT molecular complexity index is 476. The fourth-order valence-electron chi connectivity index (χ4n) is 1.13. The number of rotatable bonds is 5. The molecule has 0 saturated carbocycles. The Morgan fingerprint density at radius 3 is 2.50 bits per heavy atom. The molecule has 0 radical (unpaired) electrons. The van der Waals surface area contributed by atoms with Gasteiger partial charge in [0.15, 0.2) is 0 Å². The van der Waals surface area contributed by atoms with Crippen molar-refractivity contribution in [3.63, 3.8) is 0 Å². The van der Waals surface area contributed by atoms with E-state index >= 15 is 0 Å². The smallest absolute Gasteiger partial charge is 0.714 e. The van der Waals surface area contributed by atoms with Crippen LogP contribution >= 0.6 is 11.8 Å². The van der Waals surface area contributed by atoms with Crippen LogP contribution < -0.4 is 51.4 Å². The maximum atomic E-state index is 10.3. The molecule has 0 N–H and O–H groups in total. The molecule has 0 aliphatic heterocycles. The van der Waals surface area contributed by atoms with Crippen LogP contribution in [0, 0.1) is 0 Å². The minimum absolute atomic E-state index is 0. The van der Waals surface area contributed by atoms with Crippen LogP contribution in [0.25, 0.3) is 0 Å². The Morgan fingerprint density at radius 1 is 1.39 bits per heavy atom. The summed E-state index contributed by atoms with van der Waals surface area (Å²) in [6.07, 6.45) is 0.439. The summed E-state index contributed by atoms with van der Waals surface area (Å²) in [5.41, 5.74) is 0.971. The van der Waals surface area contributed by atoms with Crippen molar-refractivity contribution in [3.05, 3.63) is 35.9 Å². The Labute approximate surface area is 154 Å². The molecule has 1 aromatic carbocycles. The fraction of sp³-hybridized carbons (Fsp3) is 0.300. The second-order valence-corrected chi connectivity index (χ2v) is 5.37. The van der Waals surface area contributed by atoms with E-state index in [0.717, 1.165) is 5.56 Å². The van der Waals surface area contributed by atoms with Gasteiger partial charge >= 0.3 is 51.4 Å². The van der Waals surface area contributed by atoms with E-state index in [-0.39, 0.29) is 51.4 Å². The van der Waals surface area contributed by atoms with Crippen LogP contribution in [0.4, 0.5) is 0 Å². The molecule has 0 aliphatic carbocycles. The van der Waals surface area contributed by atoms with Gasteiger partial charge in [-0.1, -0.05) is 42.4 Å². The van der Waals surface area contributed by atoms with Gasteiger partial charge in [-0.15, -0.1) is 11.8 Å². The molecular formula is C10H12KNO4S2. The number of hydrogen-bond donors (Lipinski definition) is 0. The first-order valence-corrected chi connectivity index (χ1v) is 7.21. The average Bonchev–Trinajstić information content (AvgIpc) is 2.27. The van der Waals surface area contributed by atoms with Crippen LogP contribution in [0.3, 0.4) is 0 Å². The van der Waals surface area contributed by atoms with Gasteiger partial charge in [-0.2, -0.15) is 8.42 Å². The maximum absolute atomic E-state index is 10.3. The molecule has 0 bridgehead atoms. The van der Waals surface area contributed by atoms with E-state index < -0.39 is 10.4 Å². The van der Waals surface area contributed by atoms with E-state index in [1.54, 1.807) is 0 Å². The van der Waals surface area contributed by atoms with Crippen molar-refractivity contribution in [2.75, 3.05) is 5.75 Å². The molecule has 94 valence electrons. The molecular weight excluding hydrogens is 301 g/mol.